The van der Waals surface area contributed by atoms with Gasteiger partial charge in [0.05, 0.1) is 19.3 Å². The van der Waals surface area contributed by atoms with Gasteiger partial charge >= 0.3 is 18.2 Å². The van der Waals surface area contributed by atoms with Crippen LogP contribution in [-0.2, 0) is 19.0 Å². The summed E-state index contributed by atoms with van der Waals surface area (Å²) in [5.74, 6) is -0.608. The van der Waals surface area contributed by atoms with Crippen LogP contribution in [0.1, 0.15) is 66.2 Å². The normalized spacial score (nSPS) is 31.2. The van der Waals surface area contributed by atoms with E-state index in [2.05, 4.69) is 4.90 Å². The van der Waals surface area contributed by atoms with Crippen molar-refractivity contribution in [3.63, 3.8) is 0 Å². The first-order chi connectivity index (χ1) is 20.9. The van der Waals surface area contributed by atoms with Crippen LogP contribution in [0.5, 0.6) is 0 Å². The third kappa shape index (κ3) is 10.6. The first-order valence-electron chi connectivity index (χ1n) is 16.0. The standard InChI is InChI=1S/C33H53N3O8/c1-24(23-42-32(40)36-17-9-12-27(36)22-37)10-8-11-25(2)30-26(3)14-15-28(33(4,41)16-7-6-13-29(38)44-30)43-31(39)35-20-18-34(5)19-21-35/h8,10-11,14-15,24,26-28,30,37,41H,6-7,9,12-13,16-23H2,1-5H3/b10-8+,15-14+,25-11+/t24-,26+,27-,28-,30-,33+/m1/s1. The van der Waals surface area contributed by atoms with E-state index in [0.29, 0.717) is 38.9 Å². The van der Waals surface area contributed by atoms with Crippen molar-refractivity contribution in [1.82, 2.24) is 14.7 Å². The number of allylic oxidation sites excluding steroid dienone is 2. The van der Waals surface area contributed by atoms with Gasteiger partial charge in [-0.15, -0.1) is 0 Å². The van der Waals surface area contributed by atoms with E-state index in [-0.39, 0.29) is 43.5 Å². The smallest absolute Gasteiger partial charge is 0.410 e. The second-order valence-corrected chi connectivity index (χ2v) is 12.8. The average molecular weight is 620 g/mol. The summed E-state index contributed by atoms with van der Waals surface area (Å²) in [4.78, 5) is 43.5. The fraction of sp³-hybridized carbons (Fsp3) is 0.727. The van der Waals surface area contributed by atoms with E-state index in [4.69, 9.17) is 14.2 Å². The quantitative estimate of drug-likeness (QED) is 0.189. The number of nitrogens with zero attached hydrogens (tertiary/aromatic N) is 3. The van der Waals surface area contributed by atoms with Gasteiger partial charge in [-0.3, -0.25) is 4.79 Å². The number of carbonyl (C=O) groups is 3. The maximum atomic E-state index is 13.0. The van der Waals surface area contributed by atoms with E-state index in [9.17, 15) is 24.6 Å². The molecule has 0 spiro atoms. The molecule has 0 unspecified atom stereocenters. The Hall–Kier alpha value is -2.89. The molecule has 2 amide bonds. The van der Waals surface area contributed by atoms with Crippen LogP contribution in [0.2, 0.25) is 0 Å². The maximum absolute atomic E-state index is 13.0. The number of amides is 2. The summed E-state index contributed by atoms with van der Waals surface area (Å²) < 4.78 is 17.3. The number of rotatable bonds is 7. The lowest BCUT2D eigenvalue weighted by atomic mass is 9.89. The number of likely N-dealkylation sites (tertiary alicyclic amines) is 1. The van der Waals surface area contributed by atoms with E-state index >= 15 is 0 Å². The van der Waals surface area contributed by atoms with Gasteiger partial charge in [-0.2, -0.15) is 0 Å². The fourth-order valence-corrected chi connectivity index (χ4v) is 5.73. The second kappa shape index (κ2) is 17.0. The van der Waals surface area contributed by atoms with Gasteiger partial charge in [0.25, 0.3) is 0 Å². The van der Waals surface area contributed by atoms with Gasteiger partial charge in [0.2, 0.25) is 0 Å². The summed E-state index contributed by atoms with van der Waals surface area (Å²) in [7, 11) is 2.02. The van der Waals surface area contributed by atoms with Gasteiger partial charge in [-0.1, -0.05) is 38.2 Å². The molecule has 11 heteroatoms. The number of cyclic esters (lactones) is 1. The molecule has 248 valence electrons. The molecule has 0 saturated carbocycles. The molecule has 44 heavy (non-hydrogen) atoms. The van der Waals surface area contributed by atoms with E-state index < -0.39 is 30.0 Å². The molecule has 0 aliphatic carbocycles. The van der Waals surface area contributed by atoms with E-state index in [1.165, 1.54) is 0 Å². The van der Waals surface area contributed by atoms with Crippen LogP contribution in [0.25, 0.3) is 0 Å². The zero-order valence-corrected chi connectivity index (χ0v) is 27.2. The highest BCUT2D eigenvalue weighted by molar-refractivity contribution is 5.70. The van der Waals surface area contributed by atoms with Crippen LogP contribution in [0.15, 0.2) is 36.0 Å². The summed E-state index contributed by atoms with van der Waals surface area (Å²) in [6.07, 6.45) is 10.4. The Morgan fingerprint density at radius 3 is 2.57 bits per heavy atom. The van der Waals surface area contributed by atoms with Crippen molar-refractivity contribution in [2.75, 3.05) is 53.0 Å². The molecule has 3 rings (SSSR count). The molecule has 3 heterocycles. The Bertz CT molecular complexity index is 1050. The highest BCUT2D eigenvalue weighted by Gasteiger charge is 2.36. The number of aliphatic hydroxyl groups excluding tert-OH is 1. The SMILES string of the molecule is C/C(=C\C=C\[C@@H](C)COC(=O)N1CCC[C@@H]1CO)[C@H]1OC(=O)CCCC[C@](C)(O)[C@H](OC(=O)N2CCN(C)CC2)/C=C/[C@@H]1C. The predicted octanol–water partition coefficient (Wildman–Crippen LogP) is 3.90. The first-order valence-corrected chi connectivity index (χ1v) is 16.0. The number of aliphatic hydroxyl groups is 2. The maximum Gasteiger partial charge on any atom is 0.410 e. The van der Waals surface area contributed by atoms with Crippen LogP contribution in [0, 0.1) is 11.8 Å². The lowest BCUT2D eigenvalue weighted by molar-refractivity contribution is -0.149. The molecule has 0 aromatic carbocycles. The van der Waals surface area contributed by atoms with Gasteiger partial charge in [0.1, 0.15) is 11.7 Å². The number of ether oxygens (including phenoxy) is 3. The van der Waals surface area contributed by atoms with Gasteiger partial charge in [0, 0.05) is 51.0 Å². The number of carbonyl (C=O) groups excluding carboxylic acids is 3. The van der Waals surface area contributed by atoms with Gasteiger partial charge in [0.15, 0.2) is 6.10 Å². The van der Waals surface area contributed by atoms with Crippen LogP contribution in [0.4, 0.5) is 9.59 Å². The third-order valence-corrected chi connectivity index (χ3v) is 8.78. The molecule has 2 N–H and O–H groups in total. The molecule has 2 saturated heterocycles. The Kier molecular flexibility index (Phi) is 13.7. The molecular formula is C33H53N3O8. The highest BCUT2D eigenvalue weighted by atomic mass is 16.6. The van der Waals surface area contributed by atoms with Crippen LogP contribution in [-0.4, -0.2) is 120 Å². The summed E-state index contributed by atoms with van der Waals surface area (Å²) in [6.45, 7) is 10.9. The van der Waals surface area contributed by atoms with E-state index in [1.54, 1.807) is 22.8 Å². The summed E-state index contributed by atoms with van der Waals surface area (Å²) in [5.41, 5.74) is -0.466. The Labute approximate surface area is 262 Å². The zero-order chi connectivity index (χ0) is 32.3. The van der Waals surface area contributed by atoms with Crippen molar-refractivity contribution in [1.29, 1.82) is 0 Å². The van der Waals surface area contributed by atoms with Gasteiger partial charge < -0.3 is 39.1 Å². The van der Waals surface area contributed by atoms with Crippen LogP contribution < -0.4 is 0 Å². The van der Waals surface area contributed by atoms with Crippen LogP contribution >= 0.6 is 0 Å². The molecule has 3 aliphatic rings. The van der Waals surface area contributed by atoms with Crippen molar-refractivity contribution < 1.29 is 38.8 Å². The fourth-order valence-electron chi connectivity index (χ4n) is 5.73. The number of hydrogen-bond acceptors (Lipinski definition) is 9. The Balaban J connectivity index is 1.66. The molecule has 11 nitrogen and oxygen atoms in total. The Morgan fingerprint density at radius 1 is 1.14 bits per heavy atom. The highest BCUT2D eigenvalue weighted by Crippen LogP contribution is 2.27. The largest absolute Gasteiger partial charge is 0.457 e. The molecule has 0 aromatic rings. The number of esters is 1. The minimum atomic E-state index is -1.29. The third-order valence-electron chi connectivity index (χ3n) is 8.78. The van der Waals surface area contributed by atoms with Gasteiger partial charge in [-0.25, -0.2) is 9.59 Å². The van der Waals surface area contributed by atoms with E-state index in [0.717, 1.165) is 31.5 Å². The molecule has 0 aromatic heterocycles. The predicted molar refractivity (Wildman–Crippen MR) is 167 cm³/mol. The molecular weight excluding hydrogens is 566 g/mol. The van der Waals surface area contributed by atoms with Crippen LogP contribution in [0.3, 0.4) is 0 Å². The number of piperazine rings is 1. The molecule has 0 bridgehead atoms. The number of likely N-dealkylation sites (N-methyl/N-ethyl adjacent to an activating group) is 1. The van der Waals surface area contributed by atoms with Crippen molar-refractivity contribution in [2.45, 2.75) is 90.1 Å². The second-order valence-electron chi connectivity index (χ2n) is 12.8. The minimum Gasteiger partial charge on any atom is -0.457 e. The molecule has 0 radical (unpaired) electrons. The summed E-state index contributed by atoms with van der Waals surface area (Å²) >= 11 is 0. The lowest BCUT2D eigenvalue weighted by Gasteiger charge is -2.36. The molecule has 6 atom stereocenters. The summed E-state index contributed by atoms with van der Waals surface area (Å²) in [5, 5.41) is 20.8. The topological polar surface area (TPSA) is 129 Å². The lowest BCUT2D eigenvalue weighted by Crippen LogP contribution is -2.50. The first kappa shape index (κ1) is 35.6. The van der Waals surface area contributed by atoms with Crippen molar-refractivity contribution >= 4 is 18.2 Å². The van der Waals surface area contributed by atoms with Crippen molar-refractivity contribution in [2.24, 2.45) is 11.8 Å². The summed E-state index contributed by atoms with van der Waals surface area (Å²) in [6, 6.07) is -0.172. The Morgan fingerprint density at radius 2 is 1.86 bits per heavy atom. The van der Waals surface area contributed by atoms with E-state index in [1.807, 2.05) is 52.1 Å². The van der Waals surface area contributed by atoms with Gasteiger partial charge in [-0.05, 0) is 64.6 Å². The molecule has 2 fully saturated rings. The average Bonchev–Trinajstić information content (AvgIpc) is 3.47. The van der Waals surface area contributed by atoms with Crippen molar-refractivity contribution in [3.05, 3.63) is 36.0 Å². The minimum absolute atomic E-state index is 0.0488. The molecule has 3 aliphatic heterocycles. The number of hydrogen-bond donors (Lipinski definition) is 2. The zero-order valence-electron chi connectivity index (χ0n) is 27.2. The van der Waals surface area contributed by atoms with Crippen molar-refractivity contribution in [3.8, 4) is 0 Å². The monoisotopic (exact) mass is 619 g/mol.